The fourth-order valence-corrected chi connectivity index (χ4v) is 1.56. The molecule has 0 heterocycles. The molecule has 18 heavy (non-hydrogen) atoms. The highest BCUT2D eigenvalue weighted by Gasteiger charge is 2.34. The lowest BCUT2D eigenvalue weighted by atomic mass is 9.97. The van der Waals surface area contributed by atoms with Gasteiger partial charge < -0.3 is 9.47 Å². The summed E-state index contributed by atoms with van der Waals surface area (Å²) < 4.78 is 48.0. The van der Waals surface area contributed by atoms with Crippen LogP contribution in [0.1, 0.15) is 22.3 Å². The van der Waals surface area contributed by atoms with Crippen LogP contribution in [0.25, 0.3) is 0 Å². The van der Waals surface area contributed by atoms with Crippen LogP contribution >= 0.6 is 0 Å². The summed E-state index contributed by atoms with van der Waals surface area (Å²) in [7, 11) is 1.37. The molecule has 0 N–H and O–H groups in total. The maximum atomic E-state index is 12.8. The lowest BCUT2D eigenvalue weighted by Gasteiger charge is -2.15. The van der Waals surface area contributed by atoms with Gasteiger partial charge in [0, 0.05) is 12.7 Å². The molecule has 6 heteroatoms. The number of aryl methyl sites for hydroxylation is 1. The molecule has 0 aromatic heterocycles. The van der Waals surface area contributed by atoms with Crippen molar-refractivity contribution in [2.45, 2.75) is 19.7 Å². The van der Waals surface area contributed by atoms with E-state index in [0.29, 0.717) is 5.56 Å². The molecule has 1 aromatic rings. The average Bonchev–Trinajstić information content (AvgIpc) is 2.28. The Bertz CT molecular complexity index is 464. The number of nitrogens with zero attached hydrogens (tertiary/aromatic N) is 1. The molecule has 0 atom stereocenters. The summed E-state index contributed by atoms with van der Waals surface area (Å²) in [6, 6.07) is 4.02. The quantitative estimate of drug-likeness (QED) is 0.616. The van der Waals surface area contributed by atoms with Crippen LogP contribution in [0, 0.1) is 18.3 Å². The van der Waals surface area contributed by atoms with Crippen LogP contribution in [0.5, 0.6) is 0 Å². The number of hydrogen-bond donors (Lipinski definition) is 0. The van der Waals surface area contributed by atoms with Crippen molar-refractivity contribution in [1.29, 1.82) is 5.26 Å². The first kappa shape index (κ1) is 14.5. The molecule has 0 fully saturated rings. The molecule has 0 radical (unpaired) electrons. The lowest BCUT2D eigenvalue weighted by molar-refractivity contribution is -0.139. The van der Waals surface area contributed by atoms with Crippen LogP contribution in [-0.2, 0) is 22.3 Å². The Morgan fingerprint density at radius 1 is 1.33 bits per heavy atom. The summed E-state index contributed by atoms with van der Waals surface area (Å²) in [5.74, 6) is 0. The number of alkyl halides is 3. The highest BCUT2D eigenvalue weighted by Crippen LogP contribution is 2.34. The molecular formula is C12H12F3NO2. The highest BCUT2D eigenvalue weighted by molar-refractivity contribution is 5.48. The molecule has 0 aliphatic rings. The Balaban J connectivity index is 3.23. The van der Waals surface area contributed by atoms with Crippen molar-refractivity contribution in [1.82, 2.24) is 0 Å². The van der Waals surface area contributed by atoms with Crippen LogP contribution in [-0.4, -0.2) is 13.9 Å². The Morgan fingerprint density at radius 3 is 2.50 bits per heavy atom. The van der Waals surface area contributed by atoms with E-state index in [-0.39, 0.29) is 24.5 Å². The van der Waals surface area contributed by atoms with E-state index in [0.717, 1.165) is 6.07 Å². The van der Waals surface area contributed by atoms with Gasteiger partial charge in [-0.3, -0.25) is 0 Å². The van der Waals surface area contributed by atoms with Gasteiger partial charge in [0.15, 0.2) is 0 Å². The van der Waals surface area contributed by atoms with Gasteiger partial charge in [0.1, 0.15) is 6.79 Å². The number of ether oxygens (including phenoxy) is 2. The predicted octanol–water partition coefficient (Wildman–Crippen LogP) is 3.01. The Morgan fingerprint density at radius 2 is 2.00 bits per heavy atom. The monoisotopic (exact) mass is 259 g/mol. The summed E-state index contributed by atoms with van der Waals surface area (Å²) in [4.78, 5) is 0. The standard InChI is InChI=1S/C12H12F3NO2/c1-8-3-4-11(12(13,14)15)10(9(8)5-16)6-18-7-17-2/h3-4H,6-7H2,1-2H3. The lowest BCUT2D eigenvalue weighted by Crippen LogP contribution is -2.13. The van der Waals surface area contributed by atoms with Gasteiger partial charge in [-0.2, -0.15) is 18.4 Å². The fourth-order valence-electron chi connectivity index (χ4n) is 1.56. The molecule has 0 unspecified atom stereocenters. The minimum Gasteiger partial charge on any atom is -0.359 e. The Hall–Kier alpha value is -1.58. The fraction of sp³-hybridized carbons (Fsp3) is 0.417. The largest absolute Gasteiger partial charge is 0.416 e. The van der Waals surface area contributed by atoms with Crippen molar-refractivity contribution in [2.75, 3.05) is 13.9 Å². The van der Waals surface area contributed by atoms with Crippen molar-refractivity contribution in [3.05, 3.63) is 34.4 Å². The summed E-state index contributed by atoms with van der Waals surface area (Å²) in [6.07, 6.45) is -4.51. The third kappa shape index (κ3) is 3.22. The van der Waals surface area contributed by atoms with Crippen molar-refractivity contribution in [3.8, 4) is 6.07 Å². The average molecular weight is 259 g/mol. The Kier molecular flexibility index (Phi) is 4.70. The molecule has 98 valence electrons. The van der Waals surface area contributed by atoms with Crippen LogP contribution in [0.4, 0.5) is 13.2 Å². The van der Waals surface area contributed by atoms with Crippen molar-refractivity contribution in [3.63, 3.8) is 0 Å². The van der Waals surface area contributed by atoms with Gasteiger partial charge in [0.05, 0.1) is 23.8 Å². The van der Waals surface area contributed by atoms with Gasteiger partial charge in [-0.25, -0.2) is 0 Å². The number of methoxy groups -OCH3 is 1. The second kappa shape index (κ2) is 5.85. The van der Waals surface area contributed by atoms with E-state index in [1.165, 1.54) is 13.2 Å². The zero-order chi connectivity index (χ0) is 13.8. The van der Waals surface area contributed by atoms with E-state index in [1.54, 1.807) is 13.0 Å². The van der Waals surface area contributed by atoms with Crippen LogP contribution in [0.15, 0.2) is 12.1 Å². The van der Waals surface area contributed by atoms with Gasteiger partial charge in [0.2, 0.25) is 0 Å². The SMILES string of the molecule is COCOCc1c(C(F)(F)F)ccc(C)c1C#N. The third-order valence-corrected chi connectivity index (χ3v) is 2.39. The van der Waals surface area contributed by atoms with Crippen molar-refractivity contribution in [2.24, 2.45) is 0 Å². The van der Waals surface area contributed by atoms with E-state index in [2.05, 4.69) is 4.74 Å². The third-order valence-electron chi connectivity index (χ3n) is 2.39. The summed E-state index contributed by atoms with van der Waals surface area (Å²) >= 11 is 0. The smallest absolute Gasteiger partial charge is 0.359 e. The molecule has 0 bridgehead atoms. The van der Waals surface area contributed by atoms with Gasteiger partial charge in [-0.05, 0) is 18.6 Å². The second-order valence-electron chi connectivity index (χ2n) is 3.65. The molecule has 3 nitrogen and oxygen atoms in total. The first-order valence-electron chi connectivity index (χ1n) is 5.08. The van der Waals surface area contributed by atoms with Gasteiger partial charge in [-0.15, -0.1) is 0 Å². The first-order valence-corrected chi connectivity index (χ1v) is 5.08. The molecule has 0 aliphatic carbocycles. The van der Waals surface area contributed by atoms with E-state index in [9.17, 15) is 13.2 Å². The van der Waals surface area contributed by atoms with Gasteiger partial charge in [0.25, 0.3) is 0 Å². The molecule has 0 aliphatic heterocycles. The predicted molar refractivity (Wildman–Crippen MR) is 57.6 cm³/mol. The molecule has 0 spiro atoms. The maximum absolute atomic E-state index is 12.8. The first-order chi connectivity index (χ1) is 8.41. The van der Waals surface area contributed by atoms with Crippen LogP contribution in [0.2, 0.25) is 0 Å². The van der Waals surface area contributed by atoms with Crippen molar-refractivity contribution < 1.29 is 22.6 Å². The van der Waals surface area contributed by atoms with E-state index in [4.69, 9.17) is 10.00 Å². The highest BCUT2D eigenvalue weighted by atomic mass is 19.4. The minimum absolute atomic E-state index is 0.000859. The summed E-state index contributed by atoms with van der Waals surface area (Å²) in [5, 5.41) is 8.94. The molecular weight excluding hydrogens is 247 g/mol. The summed E-state index contributed by atoms with van der Waals surface area (Å²) in [5.41, 5.74) is -0.509. The Labute approximate surface area is 103 Å². The van der Waals surface area contributed by atoms with E-state index >= 15 is 0 Å². The van der Waals surface area contributed by atoms with Crippen molar-refractivity contribution >= 4 is 0 Å². The molecule has 1 rings (SSSR count). The summed E-state index contributed by atoms with van der Waals surface area (Å²) in [6.45, 7) is 1.14. The zero-order valence-corrected chi connectivity index (χ0v) is 9.97. The number of benzene rings is 1. The molecule has 0 amide bonds. The zero-order valence-electron chi connectivity index (χ0n) is 9.97. The second-order valence-corrected chi connectivity index (χ2v) is 3.65. The van der Waals surface area contributed by atoms with Gasteiger partial charge >= 0.3 is 6.18 Å². The minimum atomic E-state index is -4.51. The molecule has 1 aromatic carbocycles. The molecule has 0 saturated heterocycles. The van der Waals surface area contributed by atoms with E-state index < -0.39 is 11.7 Å². The number of rotatable bonds is 4. The normalized spacial score (nSPS) is 11.3. The van der Waals surface area contributed by atoms with Crippen LogP contribution in [0.3, 0.4) is 0 Å². The topological polar surface area (TPSA) is 42.2 Å². The number of nitriles is 1. The number of hydrogen-bond acceptors (Lipinski definition) is 3. The number of halogens is 3. The maximum Gasteiger partial charge on any atom is 0.416 e. The van der Waals surface area contributed by atoms with E-state index in [1.807, 2.05) is 0 Å². The van der Waals surface area contributed by atoms with Gasteiger partial charge in [-0.1, -0.05) is 6.07 Å². The van der Waals surface area contributed by atoms with Crippen LogP contribution < -0.4 is 0 Å². The molecule has 0 saturated carbocycles.